The molecule has 0 saturated heterocycles. The van der Waals surface area contributed by atoms with E-state index < -0.39 is 11.8 Å². The molecule has 3 nitrogen and oxygen atoms in total. The summed E-state index contributed by atoms with van der Waals surface area (Å²) >= 11 is 3.16. The molecule has 0 aromatic heterocycles. The number of hydrogen-bond acceptors (Lipinski definition) is 3. The smallest absolute Gasteiger partial charge is 0.344 e. The molecule has 0 bridgehead atoms. The van der Waals surface area contributed by atoms with Crippen LogP contribution in [0, 0.1) is 5.82 Å². The number of carbonyl (C=O) groups excluding carboxylic acids is 1. The van der Waals surface area contributed by atoms with E-state index in [9.17, 15) is 9.18 Å². The molecule has 0 N–H and O–H groups in total. The summed E-state index contributed by atoms with van der Waals surface area (Å²) in [4.78, 5) is 11.4. The second-order valence-corrected chi connectivity index (χ2v) is 4.37. The van der Waals surface area contributed by atoms with Gasteiger partial charge in [0.05, 0.1) is 13.7 Å². The van der Waals surface area contributed by atoms with Crippen LogP contribution >= 0.6 is 15.9 Å². The van der Waals surface area contributed by atoms with Crippen LogP contribution < -0.4 is 4.74 Å². The van der Waals surface area contributed by atoms with Crippen LogP contribution in [0.25, 0.3) is 0 Å². The maximum atomic E-state index is 13.6. The van der Waals surface area contributed by atoms with Gasteiger partial charge in [-0.3, -0.25) is 0 Å². The number of unbranched alkanes of at least 4 members (excludes halogenated alkanes) is 1. The van der Waals surface area contributed by atoms with Crippen LogP contribution in [0.1, 0.15) is 30.1 Å². The van der Waals surface area contributed by atoms with Crippen molar-refractivity contribution in [2.75, 3.05) is 13.7 Å². The number of methoxy groups -OCH3 is 1. The van der Waals surface area contributed by atoms with Gasteiger partial charge in [0.2, 0.25) is 0 Å². The molecule has 1 rings (SSSR count). The van der Waals surface area contributed by atoms with Gasteiger partial charge in [-0.05, 0) is 18.6 Å². The zero-order valence-electron chi connectivity index (χ0n) is 9.76. The fourth-order valence-electron chi connectivity index (χ4n) is 1.29. The number of halogens is 2. The van der Waals surface area contributed by atoms with Crippen molar-refractivity contribution in [3.05, 3.63) is 28.0 Å². The maximum absolute atomic E-state index is 13.6. The predicted molar refractivity (Wildman–Crippen MR) is 65.8 cm³/mol. The molecule has 0 atom stereocenters. The zero-order valence-corrected chi connectivity index (χ0v) is 11.3. The van der Waals surface area contributed by atoms with Gasteiger partial charge < -0.3 is 9.47 Å². The van der Waals surface area contributed by atoms with Gasteiger partial charge in [-0.25, -0.2) is 9.18 Å². The van der Waals surface area contributed by atoms with Crippen molar-refractivity contribution in [3.8, 4) is 5.75 Å². The molecular formula is C12H14BrFO3. The Hall–Kier alpha value is -1.10. The minimum absolute atomic E-state index is 0.160. The molecule has 1 aromatic rings. The normalized spacial score (nSPS) is 10.1. The van der Waals surface area contributed by atoms with Crippen LogP contribution in [0.4, 0.5) is 4.39 Å². The Morgan fingerprint density at radius 2 is 2.18 bits per heavy atom. The molecule has 0 spiro atoms. The van der Waals surface area contributed by atoms with Crippen molar-refractivity contribution in [1.29, 1.82) is 0 Å². The third-order valence-electron chi connectivity index (χ3n) is 2.16. The van der Waals surface area contributed by atoms with E-state index in [1.54, 1.807) is 6.07 Å². The molecule has 0 heterocycles. The lowest BCUT2D eigenvalue weighted by molar-refractivity contribution is 0.0590. The second-order valence-electron chi connectivity index (χ2n) is 3.45. The van der Waals surface area contributed by atoms with Gasteiger partial charge in [-0.1, -0.05) is 29.3 Å². The largest absolute Gasteiger partial charge is 0.493 e. The average Bonchev–Trinajstić information content (AvgIpc) is 2.28. The highest BCUT2D eigenvalue weighted by Crippen LogP contribution is 2.27. The standard InChI is InChI=1S/C12H14BrFO3/c1-3-4-5-17-10-7-8(13)6-9(14)11(10)12(15)16-2/h6-7H,3-5H2,1-2H3. The number of carbonyl (C=O) groups is 1. The van der Waals surface area contributed by atoms with E-state index in [1.165, 1.54) is 13.2 Å². The summed E-state index contributed by atoms with van der Waals surface area (Å²) in [5.41, 5.74) is -0.160. The Morgan fingerprint density at radius 3 is 2.76 bits per heavy atom. The topological polar surface area (TPSA) is 35.5 Å². The molecule has 0 radical (unpaired) electrons. The molecule has 17 heavy (non-hydrogen) atoms. The number of esters is 1. The van der Waals surface area contributed by atoms with Crippen molar-refractivity contribution in [1.82, 2.24) is 0 Å². The second kappa shape index (κ2) is 6.59. The van der Waals surface area contributed by atoms with Crippen molar-refractivity contribution in [3.63, 3.8) is 0 Å². The summed E-state index contributed by atoms with van der Waals surface area (Å²) in [7, 11) is 1.21. The first-order chi connectivity index (χ1) is 8.10. The van der Waals surface area contributed by atoms with Gasteiger partial charge in [0.25, 0.3) is 0 Å². The van der Waals surface area contributed by atoms with Crippen molar-refractivity contribution in [2.45, 2.75) is 19.8 Å². The lowest BCUT2D eigenvalue weighted by atomic mass is 10.2. The Bertz CT molecular complexity index is 407. The van der Waals surface area contributed by atoms with Crippen LogP contribution in [0.2, 0.25) is 0 Å². The molecule has 0 aliphatic rings. The predicted octanol–water partition coefficient (Wildman–Crippen LogP) is 3.55. The fourth-order valence-corrected chi connectivity index (χ4v) is 1.70. The van der Waals surface area contributed by atoms with Crippen LogP contribution in [0.5, 0.6) is 5.75 Å². The molecule has 0 aliphatic heterocycles. The van der Waals surface area contributed by atoms with Crippen molar-refractivity contribution in [2.24, 2.45) is 0 Å². The molecule has 0 unspecified atom stereocenters. The summed E-state index contributed by atoms with van der Waals surface area (Å²) in [6.07, 6.45) is 1.80. The summed E-state index contributed by atoms with van der Waals surface area (Å²) in [6.45, 7) is 2.46. The van der Waals surface area contributed by atoms with Gasteiger partial charge in [0, 0.05) is 4.47 Å². The van der Waals surface area contributed by atoms with E-state index in [0.29, 0.717) is 11.1 Å². The lowest BCUT2D eigenvalue weighted by Crippen LogP contribution is -2.09. The van der Waals surface area contributed by atoms with E-state index in [2.05, 4.69) is 20.7 Å². The van der Waals surface area contributed by atoms with Crippen LogP contribution in [0.15, 0.2) is 16.6 Å². The first-order valence-electron chi connectivity index (χ1n) is 5.30. The monoisotopic (exact) mass is 304 g/mol. The minimum atomic E-state index is -0.735. The van der Waals surface area contributed by atoms with Gasteiger partial charge in [-0.15, -0.1) is 0 Å². The zero-order chi connectivity index (χ0) is 12.8. The van der Waals surface area contributed by atoms with E-state index in [-0.39, 0.29) is 11.3 Å². The highest BCUT2D eigenvalue weighted by atomic mass is 79.9. The van der Waals surface area contributed by atoms with Gasteiger partial charge >= 0.3 is 5.97 Å². The van der Waals surface area contributed by atoms with Crippen LogP contribution in [-0.2, 0) is 4.74 Å². The number of ether oxygens (including phenoxy) is 2. The van der Waals surface area contributed by atoms with Gasteiger partial charge in [-0.2, -0.15) is 0 Å². The lowest BCUT2D eigenvalue weighted by Gasteiger charge is -2.11. The Balaban J connectivity index is 3.02. The summed E-state index contributed by atoms with van der Waals surface area (Å²) in [5.74, 6) is -1.18. The molecule has 0 amide bonds. The molecule has 5 heteroatoms. The van der Waals surface area contributed by atoms with Crippen molar-refractivity contribution >= 4 is 21.9 Å². The van der Waals surface area contributed by atoms with Crippen LogP contribution in [0.3, 0.4) is 0 Å². The van der Waals surface area contributed by atoms with E-state index in [4.69, 9.17) is 4.74 Å². The van der Waals surface area contributed by atoms with E-state index >= 15 is 0 Å². The Morgan fingerprint density at radius 1 is 1.47 bits per heavy atom. The highest BCUT2D eigenvalue weighted by Gasteiger charge is 2.19. The fraction of sp³-hybridized carbons (Fsp3) is 0.417. The maximum Gasteiger partial charge on any atom is 0.344 e. The molecular weight excluding hydrogens is 291 g/mol. The molecule has 1 aromatic carbocycles. The van der Waals surface area contributed by atoms with Crippen molar-refractivity contribution < 1.29 is 18.7 Å². The number of benzene rings is 1. The van der Waals surface area contributed by atoms with Gasteiger partial charge in [0.15, 0.2) is 0 Å². The first kappa shape index (κ1) is 14.0. The summed E-state index contributed by atoms with van der Waals surface area (Å²) in [5, 5.41) is 0. The Labute approximate surface area is 108 Å². The quantitative estimate of drug-likeness (QED) is 0.616. The van der Waals surface area contributed by atoms with E-state index in [0.717, 1.165) is 12.8 Å². The summed E-state index contributed by atoms with van der Waals surface area (Å²) < 4.78 is 24.1. The molecule has 0 aliphatic carbocycles. The van der Waals surface area contributed by atoms with E-state index in [1.807, 2.05) is 6.92 Å². The molecule has 94 valence electrons. The minimum Gasteiger partial charge on any atom is -0.493 e. The average molecular weight is 305 g/mol. The molecule has 0 saturated carbocycles. The first-order valence-corrected chi connectivity index (χ1v) is 6.09. The third-order valence-corrected chi connectivity index (χ3v) is 2.62. The highest BCUT2D eigenvalue weighted by molar-refractivity contribution is 9.10. The van der Waals surface area contributed by atoms with Crippen LogP contribution in [-0.4, -0.2) is 19.7 Å². The van der Waals surface area contributed by atoms with Gasteiger partial charge in [0.1, 0.15) is 17.1 Å². The third kappa shape index (κ3) is 3.70. The summed E-state index contributed by atoms with van der Waals surface area (Å²) in [6, 6.07) is 2.77. The number of rotatable bonds is 5. The Kier molecular flexibility index (Phi) is 5.41. The SMILES string of the molecule is CCCCOc1cc(Br)cc(F)c1C(=O)OC. The number of hydrogen-bond donors (Lipinski definition) is 0. The molecule has 0 fully saturated rings.